The van der Waals surface area contributed by atoms with Gasteiger partial charge in [-0.2, -0.15) is 0 Å². The van der Waals surface area contributed by atoms with Gasteiger partial charge in [0.25, 0.3) is 0 Å². The molecule has 88 valence electrons. The van der Waals surface area contributed by atoms with Crippen molar-refractivity contribution in [3.63, 3.8) is 0 Å². The van der Waals surface area contributed by atoms with Crippen molar-refractivity contribution in [2.24, 2.45) is 5.92 Å². The quantitative estimate of drug-likeness (QED) is 0.850. The first-order chi connectivity index (χ1) is 7.81. The first-order valence-corrected chi connectivity index (χ1v) is 5.80. The molecule has 1 saturated heterocycles. The number of methoxy groups -OCH3 is 1. The lowest BCUT2D eigenvalue weighted by Gasteiger charge is -2.26. The number of hydrogen-bond acceptors (Lipinski definition) is 2. The molecule has 0 saturated carbocycles. The summed E-state index contributed by atoms with van der Waals surface area (Å²) in [5.74, 6) is 0.824. The van der Waals surface area contributed by atoms with Crippen molar-refractivity contribution in [2.75, 3.05) is 20.2 Å². The predicted octanol–water partition coefficient (Wildman–Crippen LogP) is 2.71. The zero-order chi connectivity index (χ0) is 11.4. The largest absolute Gasteiger partial charge is 0.497 e. The topological polar surface area (TPSA) is 21.3 Å². The van der Waals surface area contributed by atoms with Crippen LogP contribution in [0.25, 0.3) is 0 Å². The molecule has 1 N–H and O–H groups in total. The second kappa shape index (κ2) is 5.30. The van der Waals surface area contributed by atoms with E-state index in [1.54, 1.807) is 13.2 Å². The summed E-state index contributed by atoms with van der Waals surface area (Å²) in [7, 11) is 1.61. The van der Waals surface area contributed by atoms with Gasteiger partial charge >= 0.3 is 0 Å². The number of nitrogens with one attached hydrogen (secondary N) is 1. The van der Waals surface area contributed by atoms with Crippen molar-refractivity contribution >= 4 is 0 Å². The molecule has 16 heavy (non-hydrogen) atoms. The minimum atomic E-state index is -0.886. The van der Waals surface area contributed by atoms with Gasteiger partial charge in [-0.05, 0) is 37.1 Å². The standard InChI is InChI=1S/C13H18FNO/c1-16-12-6-2-4-10(8-12)13(14)11-5-3-7-15-9-11/h2,4,6,8,11,13,15H,3,5,7,9H2,1H3. The summed E-state index contributed by atoms with van der Waals surface area (Å²) in [6.45, 7) is 1.79. The van der Waals surface area contributed by atoms with E-state index in [2.05, 4.69) is 5.32 Å². The molecule has 3 heteroatoms. The summed E-state index contributed by atoms with van der Waals surface area (Å²) in [6.07, 6.45) is 1.14. The van der Waals surface area contributed by atoms with Gasteiger partial charge in [0.2, 0.25) is 0 Å². The molecular formula is C13H18FNO. The zero-order valence-electron chi connectivity index (χ0n) is 9.58. The van der Waals surface area contributed by atoms with E-state index < -0.39 is 6.17 Å². The Morgan fingerprint density at radius 1 is 1.50 bits per heavy atom. The summed E-state index contributed by atoms with van der Waals surface area (Å²) in [5, 5.41) is 3.24. The summed E-state index contributed by atoms with van der Waals surface area (Å²) < 4.78 is 19.4. The third-order valence-electron chi connectivity index (χ3n) is 3.16. The zero-order valence-corrected chi connectivity index (χ0v) is 9.58. The molecule has 0 bridgehead atoms. The average molecular weight is 223 g/mol. The number of ether oxygens (including phenoxy) is 1. The van der Waals surface area contributed by atoms with E-state index in [-0.39, 0.29) is 5.92 Å². The highest BCUT2D eigenvalue weighted by Crippen LogP contribution is 2.32. The Hall–Kier alpha value is -1.09. The molecule has 0 aliphatic carbocycles. The Labute approximate surface area is 95.8 Å². The molecule has 0 spiro atoms. The molecule has 1 aliphatic heterocycles. The van der Waals surface area contributed by atoms with Crippen LogP contribution in [0.4, 0.5) is 4.39 Å². The molecule has 2 atom stereocenters. The van der Waals surface area contributed by atoms with Gasteiger partial charge in [-0.1, -0.05) is 12.1 Å². The molecule has 1 fully saturated rings. The van der Waals surface area contributed by atoms with Gasteiger partial charge in [0.15, 0.2) is 0 Å². The number of rotatable bonds is 3. The maximum Gasteiger partial charge on any atom is 0.129 e. The fraction of sp³-hybridized carbons (Fsp3) is 0.538. The molecular weight excluding hydrogens is 205 g/mol. The first-order valence-electron chi connectivity index (χ1n) is 5.80. The number of alkyl halides is 1. The Kier molecular flexibility index (Phi) is 3.78. The highest BCUT2D eigenvalue weighted by molar-refractivity contribution is 5.30. The normalized spacial score (nSPS) is 22.8. The molecule has 1 aliphatic rings. The SMILES string of the molecule is COc1cccc(C(F)C2CCCNC2)c1. The average Bonchev–Trinajstić information content (AvgIpc) is 2.39. The van der Waals surface area contributed by atoms with E-state index in [4.69, 9.17) is 4.74 Å². The fourth-order valence-corrected chi connectivity index (χ4v) is 2.21. The van der Waals surface area contributed by atoms with Crippen LogP contribution in [0.15, 0.2) is 24.3 Å². The summed E-state index contributed by atoms with van der Waals surface area (Å²) in [6, 6.07) is 7.31. The van der Waals surface area contributed by atoms with Crippen molar-refractivity contribution in [1.29, 1.82) is 0 Å². The lowest BCUT2D eigenvalue weighted by atomic mass is 9.90. The molecule has 1 aromatic rings. The Bertz CT molecular complexity index is 336. The lowest BCUT2D eigenvalue weighted by Crippen LogP contribution is -2.32. The van der Waals surface area contributed by atoms with E-state index in [0.29, 0.717) is 0 Å². The van der Waals surface area contributed by atoms with Crippen LogP contribution in [0.1, 0.15) is 24.6 Å². The lowest BCUT2D eigenvalue weighted by molar-refractivity contribution is 0.194. The summed E-state index contributed by atoms with van der Waals surface area (Å²) in [4.78, 5) is 0. The Morgan fingerprint density at radius 2 is 2.38 bits per heavy atom. The van der Waals surface area contributed by atoms with Gasteiger partial charge in [0, 0.05) is 12.5 Å². The van der Waals surface area contributed by atoms with E-state index >= 15 is 0 Å². The van der Waals surface area contributed by atoms with Gasteiger partial charge in [0.1, 0.15) is 11.9 Å². The smallest absolute Gasteiger partial charge is 0.129 e. The number of halogens is 1. The number of piperidine rings is 1. The molecule has 2 rings (SSSR count). The second-order valence-electron chi connectivity index (χ2n) is 4.28. The molecule has 1 aromatic carbocycles. The van der Waals surface area contributed by atoms with Crippen molar-refractivity contribution in [3.05, 3.63) is 29.8 Å². The molecule has 2 nitrogen and oxygen atoms in total. The van der Waals surface area contributed by atoms with Gasteiger partial charge in [0.05, 0.1) is 7.11 Å². The molecule has 0 aromatic heterocycles. The monoisotopic (exact) mass is 223 g/mol. The highest BCUT2D eigenvalue weighted by atomic mass is 19.1. The third-order valence-corrected chi connectivity index (χ3v) is 3.16. The molecule has 0 amide bonds. The van der Waals surface area contributed by atoms with Crippen LogP contribution in [0.2, 0.25) is 0 Å². The van der Waals surface area contributed by atoms with Crippen molar-refractivity contribution < 1.29 is 9.13 Å². The first kappa shape index (κ1) is 11.4. The summed E-state index contributed by atoms with van der Waals surface area (Å²) in [5.41, 5.74) is 0.730. The van der Waals surface area contributed by atoms with Crippen molar-refractivity contribution in [3.8, 4) is 5.75 Å². The summed E-state index contributed by atoms with van der Waals surface area (Å²) >= 11 is 0. The van der Waals surface area contributed by atoms with Crippen LogP contribution in [-0.4, -0.2) is 20.2 Å². The van der Waals surface area contributed by atoms with Crippen molar-refractivity contribution in [2.45, 2.75) is 19.0 Å². The predicted molar refractivity (Wildman–Crippen MR) is 62.4 cm³/mol. The number of benzene rings is 1. The van der Waals surface area contributed by atoms with E-state index in [1.165, 1.54) is 0 Å². The van der Waals surface area contributed by atoms with Crippen LogP contribution in [0, 0.1) is 5.92 Å². The fourth-order valence-electron chi connectivity index (χ4n) is 2.21. The molecule has 1 heterocycles. The Morgan fingerprint density at radius 3 is 3.06 bits per heavy atom. The van der Waals surface area contributed by atoms with Crippen LogP contribution in [-0.2, 0) is 0 Å². The number of hydrogen-bond donors (Lipinski definition) is 1. The van der Waals surface area contributed by atoms with Gasteiger partial charge in [-0.3, -0.25) is 0 Å². The van der Waals surface area contributed by atoms with Crippen LogP contribution in [0.3, 0.4) is 0 Å². The second-order valence-corrected chi connectivity index (χ2v) is 4.28. The van der Waals surface area contributed by atoms with E-state index in [1.807, 2.05) is 18.2 Å². The Balaban J connectivity index is 2.09. The van der Waals surface area contributed by atoms with Gasteiger partial charge < -0.3 is 10.1 Å². The van der Waals surface area contributed by atoms with Gasteiger partial charge in [-0.15, -0.1) is 0 Å². The third kappa shape index (κ3) is 2.53. The maximum absolute atomic E-state index is 14.2. The van der Waals surface area contributed by atoms with Crippen LogP contribution >= 0.6 is 0 Å². The van der Waals surface area contributed by atoms with Crippen molar-refractivity contribution in [1.82, 2.24) is 5.32 Å². The van der Waals surface area contributed by atoms with Crippen LogP contribution in [0.5, 0.6) is 5.75 Å². The van der Waals surface area contributed by atoms with E-state index in [0.717, 1.165) is 37.2 Å². The minimum absolute atomic E-state index is 0.0980. The van der Waals surface area contributed by atoms with E-state index in [9.17, 15) is 4.39 Å². The van der Waals surface area contributed by atoms with Gasteiger partial charge in [-0.25, -0.2) is 4.39 Å². The van der Waals surface area contributed by atoms with Crippen LogP contribution < -0.4 is 10.1 Å². The minimum Gasteiger partial charge on any atom is -0.497 e. The highest BCUT2D eigenvalue weighted by Gasteiger charge is 2.24. The maximum atomic E-state index is 14.2. The molecule has 0 radical (unpaired) electrons. The molecule has 2 unspecified atom stereocenters.